The number of benzene rings is 1. The zero-order valence-corrected chi connectivity index (χ0v) is 12.0. The minimum absolute atomic E-state index is 0. The fourth-order valence-corrected chi connectivity index (χ4v) is 2.10. The van der Waals surface area contributed by atoms with Gasteiger partial charge >= 0.3 is 0 Å². The Balaban J connectivity index is 0.00000180. The van der Waals surface area contributed by atoms with E-state index >= 15 is 0 Å². The van der Waals surface area contributed by atoms with Crippen LogP contribution in [0.1, 0.15) is 18.4 Å². The maximum absolute atomic E-state index is 11.7. The Bertz CT molecular complexity index is 406. The van der Waals surface area contributed by atoms with Gasteiger partial charge < -0.3 is 15.4 Å². The van der Waals surface area contributed by atoms with Crippen LogP contribution in [0, 0.1) is 6.92 Å². The Morgan fingerprint density at radius 1 is 1.53 bits per heavy atom. The molecule has 1 saturated heterocycles. The molecule has 1 aromatic carbocycles. The van der Waals surface area contributed by atoms with Crippen molar-refractivity contribution in [2.45, 2.75) is 25.8 Å². The second-order valence-corrected chi connectivity index (χ2v) is 4.72. The molecule has 0 bridgehead atoms. The first kappa shape index (κ1) is 15.8. The first-order valence-corrected chi connectivity index (χ1v) is 6.43. The van der Waals surface area contributed by atoms with Gasteiger partial charge in [0.05, 0.1) is 0 Å². The van der Waals surface area contributed by atoms with Crippen LogP contribution in [-0.2, 0) is 4.79 Å². The van der Waals surface area contributed by atoms with Crippen molar-refractivity contribution in [3.8, 4) is 5.75 Å². The van der Waals surface area contributed by atoms with Crippen molar-refractivity contribution in [1.82, 2.24) is 10.6 Å². The van der Waals surface area contributed by atoms with E-state index in [1.807, 2.05) is 31.2 Å². The van der Waals surface area contributed by atoms with Gasteiger partial charge in [0.1, 0.15) is 5.75 Å². The van der Waals surface area contributed by atoms with E-state index in [1.54, 1.807) is 0 Å². The van der Waals surface area contributed by atoms with Crippen molar-refractivity contribution < 1.29 is 9.53 Å². The highest BCUT2D eigenvalue weighted by Crippen LogP contribution is 2.12. The second-order valence-electron chi connectivity index (χ2n) is 4.72. The largest absolute Gasteiger partial charge is 0.484 e. The molecule has 1 heterocycles. The summed E-state index contributed by atoms with van der Waals surface area (Å²) in [6.07, 6.45) is 2.16. The molecule has 106 valence electrons. The van der Waals surface area contributed by atoms with Crippen LogP contribution < -0.4 is 15.4 Å². The van der Waals surface area contributed by atoms with Crippen molar-refractivity contribution in [2.75, 3.05) is 19.7 Å². The minimum Gasteiger partial charge on any atom is -0.484 e. The Morgan fingerprint density at radius 2 is 2.37 bits per heavy atom. The Morgan fingerprint density at radius 3 is 3.05 bits per heavy atom. The van der Waals surface area contributed by atoms with Crippen molar-refractivity contribution in [3.05, 3.63) is 29.8 Å². The van der Waals surface area contributed by atoms with Gasteiger partial charge in [-0.15, -0.1) is 12.4 Å². The third-order valence-corrected chi connectivity index (χ3v) is 3.02. The van der Waals surface area contributed by atoms with Gasteiger partial charge in [0.2, 0.25) is 0 Å². The molecule has 0 radical (unpaired) electrons. The molecule has 1 amide bonds. The zero-order valence-electron chi connectivity index (χ0n) is 11.1. The molecule has 1 atom stereocenters. The number of nitrogens with one attached hydrogen (secondary N) is 2. The molecule has 0 unspecified atom stereocenters. The van der Waals surface area contributed by atoms with Crippen LogP contribution >= 0.6 is 12.4 Å². The van der Waals surface area contributed by atoms with Crippen LogP contribution in [0.5, 0.6) is 5.75 Å². The Labute approximate surface area is 120 Å². The lowest BCUT2D eigenvalue weighted by molar-refractivity contribution is -0.123. The van der Waals surface area contributed by atoms with E-state index in [0.29, 0.717) is 0 Å². The molecule has 1 aliphatic rings. The molecule has 1 aliphatic heterocycles. The lowest BCUT2D eigenvalue weighted by Gasteiger charge is -2.23. The normalized spacial score (nSPS) is 18.3. The maximum Gasteiger partial charge on any atom is 0.258 e. The second kappa shape index (κ2) is 8.02. The summed E-state index contributed by atoms with van der Waals surface area (Å²) < 4.78 is 5.46. The Hall–Kier alpha value is -1.26. The predicted molar refractivity (Wildman–Crippen MR) is 78.0 cm³/mol. The van der Waals surface area contributed by atoms with E-state index < -0.39 is 0 Å². The molecule has 1 aromatic rings. The summed E-state index contributed by atoms with van der Waals surface area (Å²) in [5.74, 6) is 0.692. The number of ether oxygens (including phenoxy) is 1. The Kier molecular flexibility index (Phi) is 6.67. The molecule has 0 aliphatic carbocycles. The van der Waals surface area contributed by atoms with Gasteiger partial charge in [-0.25, -0.2) is 0 Å². The molecule has 0 spiro atoms. The summed E-state index contributed by atoms with van der Waals surface area (Å²) in [4.78, 5) is 11.7. The van der Waals surface area contributed by atoms with Gasteiger partial charge in [0.25, 0.3) is 5.91 Å². The average molecular weight is 285 g/mol. The predicted octanol–water partition coefficient (Wildman–Crippen LogP) is 1.66. The number of hydrogen-bond acceptors (Lipinski definition) is 3. The number of carbonyl (C=O) groups excluding carboxylic acids is 1. The van der Waals surface area contributed by atoms with Crippen LogP contribution in [0.25, 0.3) is 0 Å². The van der Waals surface area contributed by atoms with Crippen molar-refractivity contribution >= 4 is 18.3 Å². The molecule has 1 fully saturated rings. The fourth-order valence-electron chi connectivity index (χ4n) is 2.10. The molecular weight excluding hydrogens is 264 g/mol. The molecule has 19 heavy (non-hydrogen) atoms. The lowest BCUT2D eigenvalue weighted by atomic mass is 10.1. The third-order valence-electron chi connectivity index (χ3n) is 3.02. The summed E-state index contributed by atoms with van der Waals surface area (Å²) in [5, 5.41) is 6.24. The lowest BCUT2D eigenvalue weighted by Crippen LogP contribution is -2.46. The van der Waals surface area contributed by atoms with Crippen LogP contribution in [0.15, 0.2) is 24.3 Å². The first-order chi connectivity index (χ1) is 8.74. The van der Waals surface area contributed by atoms with Crippen LogP contribution in [-0.4, -0.2) is 31.6 Å². The number of piperidine rings is 1. The summed E-state index contributed by atoms with van der Waals surface area (Å²) in [7, 11) is 0. The van der Waals surface area contributed by atoms with E-state index in [1.165, 1.54) is 0 Å². The highest BCUT2D eigenvalue weighted by Gasteiger charge is 2.15. The van der Waals surface area contributed by atoms with Crippen molar-refractivity contribution in [1.29, 1.82) is 0 Å². The number of amides is 1. The SMILES string of the molecule is Cc1cccc(OCC(=O)N[C@H]2CCCNC2)c1.Cl. The van der Waals surface area contributed by atoms with E-state index in [9.17, 15) is 4.79 Å². The van der Waals surface area contributed by atoms with Gasteiger partial charge in [-0.2, -0.15) is 0 Å². The van der Waals surface area contributed by atoms with Crippen LogP contribution in [0.2, 0.25) is 0 Å². The van der Waals surface area contributed by atoms with Gasteiger partial charge in [0.15, 0.2) is 6.61 Å². The summed E-state index contributed by atoms with van der Waals surface area (Å²) in [6, 6.07) is 7.96. The molecule has 4 nitrogen and oxygen atoms in total. The topological polar surface area (TPSA) is 50.4 Å². The van der Waals surface area contributed by atoms with Crippen LogP contribution in [0.3, 0.4) is 0 Å². The third kappa shape index (κ3) is 5.49. The molecule has 0 aromatic heterocycles. The van der Waals surface area contributed by atoms with Gasteiger partial charge in [-0.3, -0.25) is 4.79 Å². The molecule has 0 saturated carbocycles. The smallest absolute Gasteiger partial charge is 0.258 e. The molecule has 2 rings (SSSR count). The standard InChI is InChI=1S/C14H20N2O2.ClH/c1-11-4-2-6-13(8-11)18-10-14(17)16-12-5-3-7-15-9-12;/h2,4,6,8,12,15H,3,5,7,9-10H2,1H3,(H,16,17);1H/t12-;/m0./s1. The van der Waals surface area contributed by atoms with Gasteiger partial charge in [0, 0.05) is 12.6 Å². The molecule has 5 heteroatoms. The number of hydrogen-bond donors (Lipinski definition) is 2. The van der Waals surface area contributed by atoms with E-state index in [4.69, 9.17) is 4.74 Å². The number of rotatable bonds is 4. The molecule has 2 N–H and O–H groups in total. The number of aryl methyl sites for hydroxylation is 1. The quantitative estimate of drug-likeness (QED) is 0.884. The fraction of sp³-hybridized carbons (Fsp3) is 0.500. The van der Waals surface area contributed by atoms with Crippen molar-refractivity contribution in [3.63, 3.8) is 0 Å². The van der Waals surface area contributed by atoms with Gasteiger partial charge in [-0.1, -0.05) is 12.1 Å². The zero-order chi connectivity index (χ0) is 12.8. The summed E-state index contributed by atoms with van der Waals surface area (Å²) in [5.41, 5.74) is 1.13. The van der Waals surface area contributed by atoms with E-state index in [0.717, 1.165) is 37.2 Å². The van der Waals surface area contributed by atoms with Crippen molar-refractivity contribution in [2.24, 2.45) is 0 Å². The number of halogens is 1. The average Bonchev–Trinajstić information content (AvgIpc) is 2.38. The van der Waals surface area contributed by atoms with Gasteiger partial charge in [-0.05, 0) is 44.0 Å². The highest BCUT2D eigenvalue weighted by molar-refractivity contribution is 5.85. The minimum atomic E-state index is -0.0507. The summed E-state index contributed by atoms with van der Waals surface area (Å²) in [6.45, 7) is 3.99. The summed E-state index contributed by atoms with van der Waals surface area (Å²) >= 11 is 0. The highest BCUT2D eigenvalue weighted by atomic mass is 35.5. The van der Waals surface area contributed by atoms with E-state index in [2.05, 4.69) is 10.6 Å². The van der Waals surface area contributed by atoms with Crippen LogP contribution in [0.4, 0.5) is 0 Å². The monoisotopic (exact) mass is 284 g/mol. The molecular formula is C14H21ClN2O2. The van der Waals surface area contributed by atoms with E-state index in [-0.39, 0.29) is 31.0 Å². The first-order valence-electron chi connectivity index (χ1n) is 6.43. The maximum atomic E-state index is 11.7. The number of carbonyl (C=O) groups is 1.